The van der Waals surface area contributed by atoms with E-state index < -0.39 is 20.0 Å². The Bertz CT molecular complexity index is 970. The van der Waals surface area contributed by atoms with Crippen molar-refractivity contribution in [2.75, 3.05) is 37.8 Å². The van der Waals surface area contributed by atoms with Gasteiger partial charge in [0.15, 0.2) is 0 Å². The SMILES string of the molecule is CN(C)c1ccc(S(=O)(=O)N(C)C)cc1NS(=O)(=O)Cc1ccccc1. The highest BCUT2D eigenvalue weighted by Gasteiger charge is 2.21. The smallest absolute Gasteiger partial charge is 0.242 e. The molecule has 142 valence electrons. The molecule has 0 unspecified atom stereocenters. The quantitative estimate of drug-likeness (QED) is 0.772. The molecule has 2 aromatic carbocycles. The minimum atomic E-state index is -3.71. The van der Waals surface area contributed by atoms with Crippen molar-refractivity contribution in [2.45, 2.75) is 10.6 Å². The average molecular weight is 398 g/mol. The van der Waals surface area contributed by atoms with Gasteiger partial charge in [0.1, 0.15) is 0 Å². The number of hydrogen-bond donors (Lipinski definition) is 1. The number of benzene rings is 2. The molecule has 1 N–H and O–H groups in total. The van der Waals surface area contributed by atoms with Crippen LogP contribution in [0, 0.1) is 0 Å². The topological polar surface area (TPSA) is 86.8 Å². The normalized spacial score (nSPS) is 12.2. The predicted molar refractivity (Wildman–Crippen MR) is 104 cm³/mol. The van der Waals surface area contributed by atoms with Crippen LogP contribution in [0.2, 0.25) is 0 Å². The summed E-state index contributed by atoms with van der Waals surface area (Å²) >= 11 is 0. The van der Waals surface area contributed by atoms with Crippen molar-refractivity contribution in [3.05, 3.63) is 54.1 Å². The zero-order chi connectivity index (χ0) is 19.5. The molecule has 0 atom stereocenters. The molecular weight excluding hydrogens is 374 g/mol. The molecule has 0 heterocycles. The molecule has 9 heteroatoms. The summed E-state index contributed by atoms with van der Waals surface area (Å²) in [6, 6.07) is 13.2. The van der Waals surface area contributed by atoms with Gasteiger partial charge in [0.2, 0.25) is 20.0 Å². The molecule has 0 fully saturated rings. The first kappa shape index (κ1) is 20.2. The van der Waals surface area contributed by atoms with E-state index in [1.54, 1.807) is 49.3 Å². The second kappa shape index (κ2) is 7.65. The minimum absolute atomic E-state index is 0.0190. The van der Waals surface area contributed by atoms with E-state index in [1.165, 1.54) is 26.2 Å². The van der Waals surface area contributed by atoms with Gasteiger partial charge in [-0.3, -0.25) is 4.72 Å². The lowest BCUT2D eigenvalue weighted by atomic mass is 10.2. The van der Waals surface area contributed by atoms with Crippen molar-refractivity contribution in [1.82, 2.24) is 4.31 Å². The van der Waals surface area contributed by atoms with E-state index in [-0.39, 0.29) is 16.3 Å². The third kappa shape index (κ3) is 4.75. The Hall–Kier alpha value is -2.10. The van der Waals surface area contributed by atoms with E-state index in [1.807, 2.05) is 6.07 Å². The molecule has 0 spiro atoms. The van der Waals surface area contributed by atoms with Crippen molar-refractivity contribution in [1.29, 1.82) is 0 Å². The number of hydrogen-bond acceptors (Lipinski definition) is 5. The third-order valence-corrected chi connectivity index (χ3v) is 6.75. The summed E-state index contributed by atoms with van der Waals surface area (Å²) in [4.78, 5) is 1.73. The van der Waals surface area contributed by atoms with Crippen molar-refractivity contribution < 1.29 is 16.8 Å². The molecule has 26 heavy (non-hydrogen) atoms. The second-order valence-corrected chi connectivity index (χ2v) is 10.1. The van der Waals surface area contributed by atoms with E-state index >= 15 is 0 Å². The monoisotopic (exact) mass is 397 g/mol. The molecule has 0 bridgehead atoms. The Labute approximate surface area is 155 Å². The van der Waals surface area contributed by atoms with Crippen LogP contribution in [0.25, 0.3) is 0 Å². The average Bonchev–Trinajstić information content (AvgIpc) is 2.54. The summed E-state index contributed by atoms with van der Waals surface area (Å²) in [7, 11) is -1.03. The molecule has 7 nitrogen and oxygen atoms in total. The molecule has 0 aliphatic heterocycles. The van der Waals surface area contributed by atoms with Gasteiger partial charge in [0, 0.05) is 28.2 Å². The van der Waals surface area contributed by atoms with Gasteiger partial charge in [-0.2, -0.15) is 0 Å². The van der Waals surface area contributed by atoms with E-state index in [0.29, 0.717) is 11.3 Å². The zero-order valence-electron chi connectivity index (χ0n) is 15.2. The van der Waals surface area contributed by atoms with Gasteiger partial charge in [0.05, 0.1) is 22.0 Å². The maximum absolute atomic E-state index is 12.5. The highest BCUT2D eigenvalue weighted by Crippen LogP contribution is 2.29. The van der Waals surface area contributed by atoms with Gasteiger partial charge in [-0.15, -0.1) is 0 Å². The molecule has 0 aliphatic carbocycles. The lowest BCUT2D eigenvalue weighted by Gasteiger charge is -2.20. The highest BCUT2D eigenvalue weighted by molar-refractivity contribution is 7.92. The maximum atomic E-state index is 12.5. The standard InChI is InChI=1S/C17H23N3O4S2/c1-19(2)17-11-10-15(26(23,24)20(3)4)12-16(17)18-25(21,22)13-14-8-6-5-7-9-14/h5-12,18H,13H2,1-4H3. The van der Waals surface area contributed by atoms with Gasteiger partial charge >= 0.3 is 0 Å². The van der Waals surface area contributed by atoms with E-state index in [0.717, 1.165) is 4.31 Å². The summed E-state index contributed by atoms with van der Waals surface area (Å²) in [6.07, 6.45) is 0. The fourth-order valence-electron chi connectivity index (χ4n) is 2.36. The fourth-order valence-corrected chi connectivity index (χ4v) is 4.49. The number of sulfonamides is 2. The summed E-state index contributed by atoms with van der Waals surface area (Å²) in [5.74, 6) is -0.203. The van der Waals surface area contributed by atoms with Crippen molar-refractivity contribution >= 4 is 31.4 Å². The molecule has 0 aromatic heterocycles. The van der Waals surface area contributed by atoms with Crippen LogP contribution in [-0.2, 0) is 25.8 Å². The first-order chi connectivity index (χ1) is 12.0. The van der Waals surface area contributed by atoms with E-state index in [4.69, 9.17) is 0 Å². The van der Waals surface area contributed by atoms with Gasteiger partial charge in [-0.05, 0) is 23.8 Å². The first-order valence-corrected chi connectivity index (χ1v) is 10.9. The van der Waals surface area contributed by atoms with E-state index in [9.17, 15) is 16.8 Å². The second-order valence-electron chi connectivity index (χ2n) is 6.21. The summed E-state index contributed by atoms with van der Waals surface area (Å²) in [5.41, 5.74) is 1.43. The first-order valence-electron chi connectivity index (χ1n) is 7.81. The van der Waals surface area contributed by atoms with Crippen LogP contribution in [0.3, 0.4) is 0 Å². The fraction of sp³-hybridized carbons (Fsp3) is 0.294. The van der Waals surface area contributed by atoms with Crippen LogP contribution in [0.1, 0.15) is 5.56 Å². The van der Waals surface area contributed by atoms with E-state index in [2.05, 4.69) is 4.72 Å². The lowest BCUT2D eigenvalue weighted by molar-refractivity contribution is 0.520. The van der Waals surface area contributed by atoms with Crippen LogP contribution in [0.15, 0.2) is 53.4 Å². The van der Waals surface area contributed by atoms with Crippen LogP contribution in [0.5, 0.6) is 0 Å². The summed E-state index contributed by atoms with van der Waals surface area (Å²) in [6.45, 7) is 0. The van der Waals surface area contributed by atoms with Crippen LogP contribution in [0.4, 0.5) is 11.4 Å². The Balaban J connectivity index is 2.43. The molecule has 0 radical (unpaired) electrons. The van der Waals surface area contributed by atoms with Crippen LogP contribution < -0.4 is 9.62 Å². The third-order valence-electron chi connectivity index (χ3n) is 3.69. The number of nitrogens with zero attached hydrogens (tertiary/aromatic N) is 2. The predicted octanol–water partition coefficient (Wildman–Crippen LogP) is 1.94. The zero-order valence-corrected chi connectivity index (χ0v) is 16.8. The minimum Gasteiger partial charge on any atom is -0.376 e. The summed E-state index contributed by atoms with van der Waals surface area (Å²) < 4.78 is 53.4. The Kier molecular flexibility index (Phi) is 5.94. The van der Waals surface area contributed by atoms with Gasteiger partial charge in [0.25, 0.3) is 0 Å². The molecular formula is C17H23N3O4S2. The Morgan fingerprint density at radius 1 is 0.885 bits per heavy atom. The molecule has 0 saturated heterocycles. The van der Waals surface area contributed by atoms with Crippen LogP contribution >= 0.6 is 0 Å². The maximum Gasteiger partial charge on any atom is 0.242 e. The van der Waals surface area contributed by atoms with Crippen LogP contribution in [-0.4, -0.2) is 49.3 Å². The lowest BCUT2D eigenvalue weighted by Crippen LogP contribution is -2.23. The molecule has 2 aromatic rings. The number of rotatable bonds is 7. The number of nitrogens with one attached hydrogen (secondary N) is 1. The Morgan fingerprint density at radius 2 is 1.50 bits per heavy atom. The van der Waals surface area contributed by atoms with Gasteiger partial charge < -0.3 is 4.90 Å². The van der Waals surface area contributed by atoms with Crippen molar-refractivity contribution in [3.8, 4) is 0 Å². The molecule has 0 amide bonds. The largest absolute Gasteiger partial charge is 0.376 e. The molecule has 0 aliphatic rings. The van der Waals surface area contributed by atoms with Gasteiger partial charge in [-0.1, -0.05) is 30.3 Å². The number of anilines is 2. The van der Waals surface area contributed by atoms with Gasteiger partial charge in [-0.25, -0.2) is 21.1 Å². The Morgan fingerprint density at radius 3 is 2.04 bits per heavy atom. The molecule has 0 saturated carbocycles. The summed E-state index contributed by atoms with van der Waals surface area (Å²) in [5, 5.41) is 0. The molecule has 2 rings (SSSR count). The van der Waals surface area contributed by atoms with Crippen molar-refractivity contribution in [2.24, 2.45) is 0 Å². The van der Waals surface area contributed by atoms with Crippen molar-refractivity contribution in [3.63, 3.8) is 0 Å². The highest BCUT2D eigenvalue weighted by atomic mass is 32.2.